The number of hydrogen-bond donors (Lipinski definition) is 2. The minimum absolute atomic E-state index is 0.0113. The lowest BCUT2D eigenvalue weighted by molar-refractivity contribution is -0.145. The first-order chi connectivity index (χ1) is 20.3. The number of halogens is 2. The number of anilines is 1. The van der Waals surface area contributed by atoms with E-state index in [1.807, 2.05) is 30.3 Å². The van der Waals surface area contributed by atoms with Gasteiger partial charge in [-0.2, -0.15) is 0 Å². The summed E-state index contributed by atoms with van der Waals surface area (Å²) in [7, 11) is -6.60. The first-order valence-electron chi connectivity index (χ1n) is 13.0. The van der Waals surface area contributed by atoms with Crippen LogP contribution in [0.1, 0.15) is 16.7 Å². The van der Waals surface area contributed by atoms with Crippen molar-refractivity contribution in [1.82, 2.24) is 0 Å². The van der Waals surface area contributed by atoms with Crippen LogP contribution in [-0.4, -0.2) is 38.5 Å². The van der Waals surface area contributed by atoms with Gasteiger partial charge in [0.2, 0.25) is 0 Å². The molecule has 1 unspecified atom stereocenters. The van der Waals surface area contributed by atoms with Crippen LogP contribution in [0.25, 0.3) is 0 Å². The van der Waals surface area contributed by atoms with E-state index in [2.05, 4.69) is 16.9 Å². The molecular formula is C32H28Cl2NO6PS. The van der Waals surface area contributed by atoms with Crippen molar-refractivity contribution in [1.29, 1.82) is 0 Å². The van der Waals surface area contributed by atoms with Crippen LogP contribution in [0.5, 0.6) is 5.75 Å². The van der Waals surface area contributed by atoms with Crippen LogP contribution in [0.4, 0.5) is 5.69 Å². The Morgan fingerprint density at radius 2 is 1.60 bits per heavy atom. The fraction of sp³-hybridized carbons (Fsp3) is 0.156. The molecule has 4 aromatic rings. The molecule has 0 saturated carbocycles. The molecule has 0 bridgehead atoms. The molecule has 2 N–H and O–H groups in total. The van der Waals surface area contributed by atoms with Gasteiger partial charge in [-0.15, -0.1) is 0 Å². The van der Waals surface area contributed by atoms with Crippen molar-refractivity contribution in [2.45, 2.75) is 24.0 Å². The van der Waals surface area contributed by atoms with Crippen molar-refractivity contribution in [2.24, 2.45) is 0 Å². The molecule has 0 aliphatic heterocycles. The average Bonchev–Trinajstić information content (AvgIpc) is 2.96. The number of benzene rings is 4. The van der Waals surface area contributed by atoms with Crippen LogP contribution in [0.3, 0.4) is 0 Å². The third-order valence-electron chi connectivity index (χ3n) is 6.37. The highest BCUT2D eigenvalue weighted by Gasteiger charge is 2.24. The van der Waals surface area contributed by atoms with Gasteiger partial charge in [0.25, 0.3) is 0 Å². The Morgan fingerprint density at radius 3 is 2.26 bits per heavy atom. The Labute approximate surface area is 261 Å². The summed E-state index contributed by atoms with van der Waals surface area (Å²) in [6.45, 7) is 1.53. The summed E-state index contributed by atoms with van der Waals surface area (Å²) in [6.07, 6.45) is 1.19. The summed E-state index contributed by atoms with van der Waals surface area (Å²) in [4.78, 5) is 13.4. The summed E-state index contributed by atoms with van der Waals surface area (Å²) in [5.41, 5.74) is 4.79. The van der Waals surface area contributed by atoms with E-state index in [0.29, 0.717) is 16.4 Å². The van der Waals surface area contributed by atoms with Crippen LogP contribution < -0.4 is 10.6 Å². The van der Waals surface area contributed by atoms with Gasteiger partial charge in [0.1, 0.15) is 18.4 Å². The Kier molecular flexibility index (Phi) is 10.3. The number of phenols is 1. The highest BCUT2D eigenvalue weighted by molar-refractivity contribution is 7.90. The predicted molar refractivity (Wildman–Crippen MR) is 172 cm³/mol. The Balaban J connectivity index is 1.61. The molecule has 0 aromatic heterocycles. The maximum absolute atomic E-state index is 13.3. The number of phenolic OH excluding ortho intramolecular Hbond substituents is 1. The van der Waals surface area contributed by atoms with Gasteiger partial charge in [-0.1, -0.05) is 83.7 Å². The van der Waals surface area contributed by atoms with Gasteiger partial charge < -0.3 is 19.7 Å². The van der Waals surface area contributed by atoms with Crippen molar-refractivity contribution in [2.75, 3.05) is 18.2 Å². The van der Waals surface area contributed by atoms with Crippen molar-refractivity contribution in [3.05, 3.63) is 118 Å². The highest BCUT2D eigenvalue weighted by atomic mass is 35.5. The fourth-order valence-electron chi connectivity index (χ4n) is 4.11. The molecule has 43 heavy (non-hydrogen) atoms. The van der Waals surface area contributed by atoms with E-state index in [0.717, 1.165) is 11.8 Å². The van der Waals surface area contributed by atoms with E-state index in [-0.39, 0.29) is 39.4 Å². The number of nitrogens with one attached hydrogen (secondary N) is 1. The molecule has 7 nitrogen and oxygen atoms in total. The summed E-state index contributed by atoms with van der Waals surface area (Å²) < 4.78 is 43.0. The van der Waals surface area contributed by atoms with Crippen LogP contribution in [0, 0.1) is 11.6 Å². The minimum atomic E-state index is -3.46. The smallest absolute Gasteiger partial charge is 0.329 e. The first-order valence-corrected chi connectivity index (χ1v) is 17.8. The lowest BCUT2D eigenvalue weighted by Gasteiger charge is -2.21. The maximum atomic E-state index is 13.3. The molecule has 2 atom stereocenters. The van der Waals surface area contributed by atoms with Crippen LogP contribution in [0.15, 0.2) is 95.9 Å². The molecule has 4 aromatic carbocycles. The second kappa shape index (κ2) is 13.7. The zero-order valence-corrected chi connectivity index (χ0v) is 26.5. The van der Waals surface area contributed by atoms with E-state index in [4.69, 9.17) is 27.9 Å². The number of ether oxygens (including phenoxy) is 1. The van der Waals surface area contributed by atoms with Gasteiger partial charge in [0.15, 0.2) is 17.0 Å². The average molecular weight is 657 g/mol. The molecule has 222 valence electrons. The number of rotatable bonds is 9. The van der Waals surface area contributed by atoms with Gasteiger partial charge in [-0.3, -0.25) is 0 Å². The summed E-state index contributed by atoms with van der Waals surface area (Å²) >= 11 is 13.2. The zero-order chi connectivity index (χ0) is 31.2. The van der Waals surface area contributed by atoms with Gasteiger partial charge in [-0.05, 0) is 53.2 Å². The monoisotopic (exact) mass is 655 g/mol. The zero-order valence-electron chi connectivity index (χ0n) is 23.3. The Hall–Kier alpha value is -3.73. The van der Waals surface area contributed by atoms with Gasteiger partial charge >= 0.3 is 5.97 Å². The number of hydrogen-bond acceptors (Lipinski definition) is 7. The molecule has 0 saturated heterocycles. The van der Waals surface area contributed by atoms with E-state index in [9.17, 15) is 22.9 Å². The largest absolute Gasteiger partial charge is 0.508 e. The Bertz CT molecular complexity index is 1850. The summed E-state index contributed by atoms with van der Waals surface area (Å²) in [6, 6.07) is 23.7. The van der Waals surface area contributed by atoms with E-state index >= 15 is 0 Å². The number of aromatic hydroxyl groups is 1. The molecular weight excluding hydrogens is 628 g/mol. The van der Waals surface area contributed by atoms with Crippen molar-refractivity contribution >= 4 is 57.1 Å². The Morgan fingerprint density at radius 1 is 0.953 bits per heavy atom. The summed E-state index contributed by atoms with van der Waals surface area (Å²) in [5, 5.41) is 13.5. The van der Waals surface area contributed by atoms with Crippen molar-refractivity contribution in [3.8, 4) is 17.3 Å². The quantitative estimate of drug-likeness (QED) is 0.120. The van der Waals surface area contributed by atoms with Crippen LogP contribution in [-0.2, 0) is 37.0 Å². The van der Waals surface area contributed by atoms with E-state index < -0.39 is 29.0 Å². The lowest BCUT2D eigenvalue weighted by Crippen LogP contribution is -2.33. The van der Waals surface area contributed by atoms with E-state index in [1.54, 1.807) is 24.3 Å². The minimum Gasteiger partial charge on any atom is -0.508 e. The second-order valence-electron chi connectivity index (χ2n) is 9.91. The van der Waals surface area contributed by atoms with Gasteiger partial charge in [0, 0.05) is 30.2 Å². The molecule has 0 radical (unpaired) electrons. The second-order valence-corrected chi connectivity index (χ2v) is 15.3. The molecule has 0 heterocycles. The van der Waals surface area contributed by atoms with Crippen molar-refractivity contribution in [3.63, 3.8) is 0 Å². The molecule has 0 amide bonds. The van der Waals surface area contributed by atoms with E-state index in [1.165, 1.54) is 43.1 Å². The number of carbonyl (C=O) groups excluding carboxylic acids is 1. The lowest BCUT2D eigenvalue weighted by atomic mass is 10.1. The molecule has 11 heteroatoms. The van der Waals surface area contributed by atoms with Gasteiger partial charge in [-0.25, -0.2) is 13.2 Å². The molecule has 4 rings (SSSR count). The normalized spacial score (nSPS) is 13.2. The summed E-state index contributed by atoms with van der Waals surface area (Å²) in [5.74, 6) is 2.24. The third-order valence-corrected chi connectivity index (χ3v) is 9.88. The molecule has 0 aliphatic carbocycles. The topological polar surface area (TPSA) is 110 Å². The molecule has 0 spiro atoms. The standard InChI is InChI=1S/C32H28Cl2NO6PS/c1-42(38,26-12-7-11-25(36)20-26)15-14-24-17-28(33)31(29(34)18-24)35-30(32(37)41-21-22-8-4-3-5-9-22)19-23-10-6-13-27(16-23)43(2,39)40/h3-13,16-18,20,30,35-36H,19,21H2,1-2H3/t30-,42?/m0/s1. The number of sulfone groups is 1. The SMILES string of the molecule is CP(=O)(C#Cc1cc(Cl)c(N[C@@H](Cc2cccc(S(C)(=O)=O)c2)C(=O)OCc2ccccc2)c(Cl)c1)c1cccc(O)c1. The molecule has 0 fully saturated rings. The molecule has 0 aliphatic rings. The first kappa shape index (κ1) is 32.2. The predicted octanol–water partition coefficient (Wildman–Crippen LogP) is 6.50. The van der Waals surface area contributed by atoms with Crippen LogP contribution in [0.2, 0.25) is 10.0 Å². The third kappa shape index (κ3) is 8.89. The number of carbonyl (C=O) groups is 1. The highest BCUT2D eigenvalue weighted by Crippen LogP contribution is 2.39. The maximum Gasteiger partial charge on any atom is 0.329 e. The van der Waals surface area contributed by atoms with Crippen molar-refractivity contribution < 1.29 is 27.6 Å². The van der Waals surface area contributed by atoms with Gasteiger partial charge in [0.05, 0.1) is 20.6 Å². The number of esters is 1. The van der Waals surface area contributed by atoms with Crippen LogP contribution >= 0.6 is 30.3 Å². The fourth-order valence-corrected chi connectivity index (χ4v) is 6.62.